The second-order valence-electron chi connectivity index (χ2n) is 4.82. The zero-order valence-corrected chi connectivity index (χ0v) is 13.0. The first-order valence-electron chi connectivity index (χ1n) is 7.03. The Labute approximate surface area is 141 Å². The number of ether oxygens (including phenoxy) is 1. The molecule has 2 heterocycles. The van der Waals surface area contributed by atoms with Crippen LogP contribution in [0.1, 0.15) is 10.4 Å². The molecule has 3 aromatic rings. The Morgan fingerprint density at radius 2 is 2.04 bits per heavy atom. The van der Waals surface area contributed by atoms with E-state index in [9.17, 15) is 14.9 Å². The predicted octanol–water partition coefficient (Wildman–Crippen LogP) is 2.10. The van der Waals surface area contributed by atoms with Crippen molar-refractivity contribution in [3.63, 3.8) is 0 Å². The van der Waals surface area contributed by atoms with Gasteiger partial charge in [-0.15, -0.1) is 0 Å². The smallest absolute Gasteiger partial charge is 0.354 e. The normalized spacial score (nSPS) is 10.3. The SMILES string of the molecule is COC(=O)c1ccc(Nc2ncnc(-n3ccnc3)c2[N+](=O)[O-])cc1. The van der Waals surface area contributed by atoms with Gasteiger partial charge >= 0.3 is 11.7 Å². The lowest BCUT2D eigenvalue weighted by Gasteiger charge is -2.09. The molecule has 25 heavy (non-hydrogen) atoms. The van der Waals surface area contributed by atoms with Crippen LogP contribution < -0.4 is 5.32 Å². The summed E-state index contributed by atoms with van der Waals surface area (Å²) in [6, 6.07) is 6.26. The molecular weight excluding hydrogens is 328 g/mol. The van der Waals surface area contributed by atoms with Crippen molar-refractivity contribution in [2.75, 3.05) is 12.4 Å². The van der Waals surface area contributed by atoms with Gasteiger partial charge in [-0.3, -0.25) is 14.7 Å². The van der Waals surface area contributed by atoms with Gasteiger partial charge in [0.25, 0.3) is 0 Å². The Kier molecular flexibility index (Phi) is 4.33. The van der Waals surface area contributed by atoms with Crippen LogP contribution in [0.2, 0.25) is 0 Å². The number of hydrogen-bond acceptors (Lipinski definition) is 8. The molecular formula is C15H12N6O4. The van der Waals surface area contributed by atoms with Crippen molar-refractivity contribution in [1.82, 2.24) is 19.5 Å². The number of hydrogen-bond donors (Lipinski definition) is 1. The molecule has 0 radical (unpaired) electrons. The van der Waals surface area contributed by atoms with E-state index in [2.05, 4.69) is 25.0 Å². The van der Waals surface area contributed by atoms with Crippen LogP contribution in [0.15, 0.2) is 49.3 Å². The van der Waals surface area contributed by atoms with E-state index in [4.69, 9.17) is 0 Å². The maximum Gasteiger partial charge on any atom is 0.354 e. The van der Waals surface area contributed by atoms with Gasteiger partial charge in [0.2, 0.25) is 11.6 Å². The van der Waals surface area contributed by atoms with E-state index in [0.717, 1.165) is 0 Å². The topological polar surface area (TPSA) is 125 Å². The lowest BCUT2D eigenvalue weighted by Crippen LogP contribution is -2.07. The fourth-order valence-electron chi connectivity index (χ4n) is 2.15. The highest BCUT2D eigenvalue weighted by atomic mass is 16.6. The number of aromatic nitrogens is 4. The first kappa shape index (κ1) is 16.1. The number of imidazole rings is 1. The molecule has 1 N–H and O–H groups in total. The molecule has 0 aliphatic heterocycles. The molecule has 0 unspecified atom stereocenters. The van der Waals surface area contributed by atoms with E-state index in [1.54, 1.807) is 18.3 Å². The Balaban J connectivity index is 1.96. The number of benzene rings is 1. The van der Waals surface area contributed by atoms with Gasteiger partial charge in [-0.25, -0.2) is 19.7 Å². The molecule has 0 fully saturated rings. The van der Waals surface area contributed by atoms with Crippen molar-refractivity contribution in [1.29, 1.82) is 0 Å². The van der Waals surface area contributed by atoms with Crippen molar-refractivity contribution in [3.05, 3.63) is 65.0 Å². The predicted molar refractivity (Wildman–Crippen MR) is 86.9 cm³/mol. The fraction of sp³-hybridized carbons (Fsp3) is 0.0667. The lowest BCUT2D eigenvalue weighted by atomic mass is 10.2. The molecule has 3 rings (SSSR count). The number of carbonyl (C=O) groups is 1. The second kappa shape index (κ2) is 6.74. The van der Waals surface area contributed by atoms with Gasteiger partial charge in [-0.05, 0) is 24.3 Å². The van der Waals surface area contributed by atoms with Crippen LogP contribution in [0.3, 0.4) is 0 Å². The van der Waals surface area contributed by atoms with Crippen LogP contribution in [0.4, 0.5) is 17.2 Å². The van der Waals surface area contributed by atoms with Crippen LogP contribution >= 0.6 is 0 Å². The average Bonchev–Trinajstić information content (AvgIpc) is 3.16. The highest BCUT2D eigenvalue weighted by Crippen LogP contribution is 2.30. The minimum absolute atomic E-state index is 0.0227. The van der Waals surface area contributed by atoms with Crippen LogP contribution in [-0.4, -0.2) is 37.5 Å². The van der Waals surface area contributed by atoms with E-state index < -0.39 is 10.9 Å². The van der Waals surface area contributed by atoms with Crippen molar-refractivity contribution in [2.24, 2.45) is 0 Å². The van der Waals surface area contributed by atoms with Crippen molar-refractivity contribution >= 4 is 23.2 Å². The van der Waals surface area contributed by atoms with E-state index in [0.29, 0.717) is 11.3 Å². The molecule has 0 saturated carbocycles. The molecule has 1 aromatic carbocycles. The highest BCUT2D eigenvalue weighted by Gasteiger charge is 2.24. The van der Waals surface area contributed by atoms with Gasteiger partial charge in [-0.2, -0.15) is 0 Å². The van der Waals surface area contributed by atoms with Crippen LogP contribution in [0, 0.1) is 10.1 Å². The number of carbonyl (C=O) groups excluding carboxylic acids is 1. The van der Waals surface area contributed by atoms with E-state index in [1.807, 2.05) is 0 Å². The quantitative estimate of drug-likeness (QED) is 0.425. The molecule has 0 amide bonds. The van der Waals surface area contributed by atoms with E-state index in [-0.39, 0.29) is 17.3 Å². The molecule has 10 heteroatoms. The first-order chi connectivity index (χ1) is 12.1. The van der Waals surface area contributed by atoms with Gasteiger partial charge in [0.05, 0.1) is 17.6 Å². The summed E-state index contributed by atoms with van der Waals surface area (Å²) in [6.45, 7) is 0. The zero-order valence-electron chi connectivity index (χ0n) is 13.0. The average molecular weight is 340 g/mol. The summed E-state index contributed by atoms with van der Waals surface area (Å²) in [4.78, 5) is 34.1. The summed E-state index contributed by atoms with van der Waals surface area (Å²) >= 11 is 0. The summed E-state index contributed by atoms with van der Waals surface area (Å²) in [5.41, 5.74) is 0.591. The number of anilines is 2. The Bertz CT molecular complexity index is 908. The van der Waals surface area contributed by atoms with Crippen LogP contribution in [0.5, 0.6) is 0 Å². The molecule has 126 valence electrons. The molecule has 0 aliphatic rings. The summed E-state index contributed by atoms with van der Waals surface area (Å²) in [5, 5.41) is 14.4. The van der Waals surface area contributed by atoms with E-state index >= 15 is 0 Å². The third-order valence-electron chi connectivity index (χ3n) is 3.30. The molecule has 0 saturated heterocycles. The molecule has 10 nitrogen and oxygen atoms in total. The van der Waals surface area contributed by atoms with Crippen molar-refractivity contribution < 1.29 is 14.5 Å². The first-order valence-corrected chi connectivity index (χ1v) is 7.03. The van der Waals surface area contributed by atoms with Crippen LogP contribution in [0.25, 0.3) is 5.82 Å². The monoisotopic (exact) mass is 340 g/mol. The fourth-order valence-corrected chi connectivity index (χ4v) is 2.15. The highest BCUT2D eigenvalue weighted by molar-refractivity contribution is 5.89. The summed E-state index contributed by atoms with van der Waals surface area (Å²) < 4.78 is 6.05. The van der Waals surface area contributed by atoms with Crippen molar-refractivity contribution in [3.8, 4) is 5.82 Å². The van der Waals surface area contributed by atoms with Crippen molar-refractivity contribution in [2.45, 2.75) is 0 Å². The molecule has 0 bridgehead atoms. The standard InChI is InChI=1S/C15H12N6O4/c1-25-15(22)10-2-4-11(5-3-10)19-13-12(21(23)24)14(18-8-17-13)20-7-6-16-9-20/h2-9H,1H3,(H,17,18,19). The largest absolute Gasteiger partial charge is 0.465 e. The number of nitrogens with one attached hydrogen (secondary N) is 1. The minimum Gasteiger partial charge on any atom is -0.465 e. The third-order valence-corrected chi connectivity index (χ3v) is 3.30. The molecule has 0 spiro atoms. The summed E-state index contributed by atoms with van der Waals surface area (Å²) in [7, 11) is 1.29. The molecule has 0 atom stereocenters. The van der Waals surface area contributed by atoms with Gasteiger partial charge in [-0.1, -0.05) is 0 Å². The summed E-state index contributed by atoms with van der Waals surface area (Å²) in [5.74, 6) is -0.359. The number of esters is 1. The van der Waals surface area contributed by atoms with Crippen LogP contribution in [-0.2, 0) is 4.74 Å². The summed E-state index contributed by atoms with van der Waals surface area (Å²) in [6.07, 6.45) is 5.66. The van der Waals surface area contributed by atoms with Gasteiger partial charge in [0, 0.05) is 18.1 Å². The number of methoxy groups -OCH3 is 1. The molecule has 2 aromatic heterocycles. The van der Waals surface area contributed by atoms with E-state index in [1.165, 1.54) is 42.7 Å². The van der Waals surface area contributed by atoms with Gasteiger partial charge < -0.3 is 10.1 Å². The third kappa shape index (κ3) is 3.27. The second-order valence-corrected chi connectivity index (χ2v) is 4.82. The number of nitro groups is 1. The lowest BCUT2D eigenvalue weighted by molar-refractivity contribution is -0.384. The Morgan fingerprint density at radius 1 is 1.28 bits per heavy atom. The number of nitrogens with zero attached hydrogens (tertiary/aromatic N) is 5. The Hall–Kier alpha value is -3.82. The Morgan fingerprint density at radius 3 is 2.64 bits per heavy atom. The molecule has 0 aliphatic carbocycles. The maximum absolute atomic E-state index is 11.5. The maximum atomic E-state index is 11.5. The van der Waals surface area contributed by atoms with Gasteiger partial charge in [0.15, 0.2) is 0 Å². The zero-order chi connectivity index (χ0) is 17.8. The minimum atomic E-state index is -0.569. The number of rotatable bonds is 5. The van der Waals surface area contributed by atoms with Gasteiger partial charge in [0.1, 0.15) is 12.7 Å².